The van der Waals surface area contributed by atoms with Crippen molar-refractivity contribution in [2.45, 2.75) is 26.2 Å². The minimum Gasteiger partial charge on any atom is -0.481 e. The summed E-state index contributed by atoms with van der Waals surface area (Å²) < 4.78 is 0. The van der Waals surface area contributed by atoms with Crippen LogP contribution in [0, 0.1) is 5.41 Å². The number of carboxylic acids is 1. The molecule has 1 aliphatic rings. The van der Waals surface area contributed by atoms with Crippen molar-refractivity contribution in [1.82, 2.24) is 15.2 Å². The first-order valence-electron chi connectivity index (χ1n) is 6.66. The third-order valence-corrected chi connectivity index (χ3v) is 4.44. The van der Waals surface area contributed by atoms with Crippen LogP contribution in [0.25, 0.3) is 0 Å². The van der Waals surface area contributed by atoms with Crippen LogP contribution in [-0.2, 0) is 11.2 Å². The van der Waals surface area contributed by atoms with E-state index in [0.717, 1.165) is 11.4 Å². The van der Waals surface area contributed by atoms with Crippen LogP contribution in [-0.4, -0.2) is 46.6 Å². The number of aliphatic carboxylic acids is 1. The lowest BCUT2D eigenvalue weighted by atomic mass is 9.82. The first-order valence-corrected chi connectivity index (χ1v) is 7.54. The summed E-state index contributed by atoms with van der Waals surface area (Å²) in [6.45, 7) is 3.11. The van der Waals surface area contributed by atoms with Gasteiger partial charge in [0, 0.05) is 37.6 Å². The molecule has 7 heteroatoms. The molecule has 2 heterocycles. The average molecular weight is 297 g/mol. The zero-order valence-corrected chi connectivity index (χ0v) is 12.3. The number of hydrogen-bond acceptors (Lipinski definition) is 4. The topological polar surface area (TPSA) is 82.5 Å². The lowest BCUT2D eigenvalue weighted by Gasteiger charge is -2.37. The monoisotopic (exact) mass is 297 g/mol. The minimum absolute atomic E-state index is 0.186. The van der Waals surface area contributed by atoms with Crippen molar-refractivity contribution in [3.05, 3.63) is 16.6 Å². The molecule has 0 radical (unpaired) electrons. The van der Waals surface area contributed by atoms with Gasteiger partial charge in [-0.1, -0.05) is 0 Å². The van der Waals surface area contributed by atoms with E-state index in [1.807, 2.05) is 5.38 Å². The predicted octanol–water partition coefficient (Wildman–Crippen LogP) is 1.58. The van der Waals surface area contributed by atoms with Gasteiger partial charge in [-0.3, -0.25) is 4.79 Å². The second-order valence-electron chi connectivity index (χ2n) is 5.30. The van der Waals surface area contributed by atoms with Gasteiger partial charge in [0.05, 0.1) is 10.4 Å². The van der Waals surface area contributed by atoms with E-state index in [-0.39, 0.29) is 12.6 Å². The van der Waals surface area contributed by atoms with Crippen LogP contribution in [0.2, 0.25) is 0 Å². The summed E-state index contributed by atoms with van der Waals surface area (Å²) in [5.74, 6) is -0.835. The van der Waals surface area contributed by atoms with Gasteiger partial charge in [-0.25, -0.2) is 9.78 Å². The summed E-state index contributed by atoms with van der Waals surface area (Å²) in [5, 5.41) is 14.9. The maximum atomic E-state index is 12.0. The van der Waals surface area contributed by atoms with Crippen molar-refractivity contribution >= 4 is 23.3 Å². The van der Waals surface area contributed by atoms with Crippen molar-refractivity contribution in [3.63, 3.8) is 0 Å². The Morgan fingerprint density at radius 2 is 2.40 bits per heavy atom. The summed E-state index contributed by atoms with van der Waals surface area (Å²) in [5.41, 5.74) is -0.828. The van der Waals surface area contributed by atoms with Crippen molar-refractivity contribution in [1.29, 1.82) is 0 Å². The van der Waals surface area contributed by atoms with E-state index in [4.69, 9.17) is 0 Å². The fraction of sp³-hybridized carbons (Fsp3) is 0.615. The second-order valence-corrected chi connectivity index (χ2v) is 6.28. The third kappa shape index (κ3) is 3.47. The molecule has 6 nitrogen and oxygen atoms in total. The highest BCUT2D eigenvalue weighted by Crippen LogP contribution is 2.29. The molecular weight excluding hydrogens is 278 g/mol. The Balaban J connectivity index is 1.81. The standard InChI is InChI=1S/C13H19N3O3S/c1-13(11(17)18)4-2-7-16(9-13)12(19)15-5-3-10-14-6-8-20-10/h6,8H,2-5,7,9H2,1H3,(H,15,19)(H,17,18). The van der Waals surface area contributed by atoms with Crippen LogP contribution >= 0.6 is 11.3 Å². The highest BCUT2D eigenvalue weighted by molar-refractivity contribution is 7.09. The molecule has 2 N–H and O–H groups in total. The number of nitrogens with zero attached hydrogens (tertiary/aromatic N) is 2. The average Bonchev–Trinajstić information content (AvgIpc) is 2.91. The molecule has 0 bridgehead atoms. The molecule has 1 aromatic rings. The first-order chi connectivity index (χ1) is 9.51. The Labute approximate surface area is 121 Å². The summed E-state index contributed by atoms with van der Waals surface area (Å²) in [4.78, 5) is 29.0. The summed E-state index contributed by atoms with van der Waals surface area (Å²) in [7, 11) is 0. The molecule has 0 aromatic carbocycles. The van der Waals surface area contributed by atoms with Gasteiger partial charge in [-0.15, -0.1) is 11.3 Å². The molecule has 1 atom stereocenters. The van der Waals surface area contributed by atoms with E-state index in [1.54, 1.807) is 29.4 Å². The molecule has 110 valence electrons. The van der Waals surface area contributed by atoms with Gasteiger partial charge in [-0.05, 0) is 19.8 Å². The molecule has 0 spiro atoms. The number of rotatable bonds is 4. The summed E-state index contributed by atoms with van der Waals surface area (Å²) in [6.07, 6.45) is 3.78. The highest BCUT2D eigenvalue weighted by Gasteiger charge is 2.39. The fourth-order valence-electron chi connectivity index (χ4n) is 2.35. The van der Waals surface area contributed by atoms with Crippen LogP contribution in [0.1, 0.15) is 24.8 Å². The normalized spacial score (nSPS) is 22.6. The molecule has 1 aliphatic heterocycles. The molecule has 2 rings (SSSR count). The fourth-order valence-corrected chi connectivity index (χ4v) is 2.97. The van der Waals surface area contributed by atoms with Crippen molar-refractivity contribution in [3.8, 4) is 0 Å². The summed E-state index contributed by atoms with van der Waals surface area (Å²) in [6, 6.07) is -0.186. The predicted molar refractivity (Wildman–Crippen MR) is 75.8 cm³/mol. The number of carboxylic acid groups (broad SMARTS) is 1. The first kappa shape index (κ1) is 14.8. The number of likely N-dealkylation sites (tertiary alicyclic amines) is 1. The van der Waals surface area contributed by atoms with Crippen LogP contribution in [0.15, 0.2) is 11.6 Å². The Hall–Kier alpha value is -1.63. The van der Waals surface area contributed by atoms with E-state index < -0.39 is 11.4 Å². The van der Waals surface area contributed by atoms with Crippen LogP contribution in [0.4, 0.5) is 4.79 Å². The van der Waals surface area contributed by atoms with Gasteiger partial charge >= 0.3 is 12.0 Å². The maximum Gasteiger partial charge on any atom is 0.317 e. The quantitative estimate of drug-likeness (QED) is 0.884. The highest BCUT2D eigenvalue weighted by atomic mass is 32.1. The molecule has 0 aliphatic carbocycles. The number of aromatic nitrogens is 1. The minimum atomic E-state index is -0.835. The Morgan fingerprint density at radius 3 is 3.05 bits per heavy atom. The maximum absolute atomic E-state index is 12.0. The smallest absolute Gasteiger partial charge is 0.317 e. The van der Waals surface area contributed by atoms with Gasteiger partial charge in [0.1, 0.15) is 0 Å². The number of amides is 2. The lowest BCUT2D eigenvalue weighted by Crippen LogP contribution is -2.51. The molecule has 1 aromatic heterocycles. The Morgan fingerprint density at radius 1 is 1.60 bits per heavy atom. The number of carbonyl (C=O) groups excluding carboxylic acids is 1. The lowest BCUT2D eigenvalue weighted by molar-refractivity contribution is -0.150. The van der Waals surface area contributed by atoms with Crippen LogP contribution in [0.3, 0.4) is 0 Å². The Bertz CT molecular complexity index is 477. The zero-order chi connectivity index (χ0) is 14.6. The van der Waals surface area contributed by atoms with Gasteiger partial charge in [0.15, 0.2) is 0 Å². The van der Waals surface area contributed by atoms with Crippen LogP contribution in [0.5, 0.6) is 0 Å². The number of piperidine rings is 1. The van der Waals surface area contributed by atoms with Crippen molar-refractivity contribution < 1.29 is 14.7 Å². The van der Waals surface area contributed by atoms with E-state index in [0.29, 0.717) is 25.9 Å². The summed E-state index contributed by atoms with van der Waals surface area (Å²) >= 11 is 1.56. The van der Waals surface area contributed by atoms with E-state index in [9.17, 15) is 14.7 Å². The van der Waals surface area contributed by atoms with Gasteiger partial charge in [0.2, 0.25) is 0 Å². The number of carbonyl (C=O) groups is 2. The molecule has 2 amide bonds. The van der Waals surface area contributed by atoms with E-state index >= 15 is 0 Å². The molecule has 20 heavy (non-hydrogen) atoms. The zero-order valence-electron chi connectivity index (χ0n) is 11.5. The SMILES string of the molecule is CC1(C(=O)O)CCCN(C(=O)NCCc2nccs2)C1. The third-order valence-electron chi connectivity index (χ3n) is 3.60. The second kappa shape index (κ2) is 6.21. The Kier molecular flexibility index (Phi) is 4.59. The number of urea groups is 1. The van der Waals surface area contributed by atoms with Crippen LogP contribution < -0.4 is 5.32 Å². The number of thiazole rings is 1. The molecule has 1 saturated heterocycles. The van der Waals surface area contributed by atoms with Gasteiger partial charge in [-0.2, -0.15) is 0 Å². The van der Waals surface area contributed by atoms with Gasteiger partial charge < -0.3 is 15.3 Å². The number of nitrogens with one attached hydrogen (secondary N) is 1. The van der Waals surface area contributed by atoms with E-state index in [2.05, 4.69) is 10.3 Å². The van der Waals surface area contributed by atoms with Crippen molar-refractivity contribution in [2.24, 2.45) is 5.41 Å². The molecular formula is C13H19N3O3S. The van der Waals surface area contributed by atoms with E-state index in [1.165, 1.54) is 0 Å². The number of hydrogen-bond donors (Lipinski definition) is 2. The largest absolute Gasteiger partial charge is 0.481 e. The van der Waals surface area contributed by atoms with Gasteiger partial charge in [0.25, 0.3) is 0 Å². The molecule has 1 unspecified atom stereocenters. The molecule has 0 saturated carbocycles. The molecule has 1 fully saturated rings. The van der Waals surface area contributed by atoms with Crippen molar-refractivity contribution in [2.75, 3.05) is 19.6 Å².